The molecule has 3 heterocycles. The molecule has 5 aliphatic rings. The minimum atomic E-state index is -1.09. The summed E-state index contributed by atoms with van der Waals surface area (Å²) >= 11 is 0. The van der Waals surface area contributed by atoms with Crippen molar-refractivity contribution in [2.45, 2.75) is 114 Å². The molecule has 1 aromatic carbocycles. The number of anilines is 1. The average molecular weight is 534 g/mol. The maximum atomic E-state index is 14.3. The van der Waals surface area contributed by atoms with Crippen molar-refractivity contribution in [3.8, 4) is 0 Å². The normalized spacial score (nSPS) is 35.9. The zero-order valence-corrected chi connectivity index (χ0v) is 23.5. The fraction of sp³-hybridized carbons (Fsp3) is 0.656. The average Bonchev–Trinajstić information content (AvgIpc) is 3.58. The summed E-state index contributed by atoms with van der Waals surface area (Å²) in [5.41, 5.74) is 0.818. The van der Waals surface area contributed by atoms with Crippen LogP contribution in [0.25, 0.3) is 0 Å². The van der Waals surface area contributed by atoms with Crippen LogP contribution in [-0.2, 0) is 19.1 Å². The summed E-state index contributed by atoms with van der Waals surface area (Å²) in [5, 5.41) is 6.39. The monoisotopic (exact) mass is 533 g/mol. The molecule has 210 valence electrons. The number of likely N-dealkylation sites (tertiary alicyclic amines) is 1. The first-order valence-electron chi connectivity index (χ1n) is 15.2. The standard InChI is InChI=1S/C32H43N3O4/c1-19(2)21-13-15-22(16-14-21)33-29(36)26-25-17-18-32(39-25)27(26)31(38)35(23-10-5-4-6-11-23)28(32)30(37)34-24-12-8-7-9-20(24)3/h13-20,23-28H,4-12H2,1-3H3,(H,33,36)(H,34,37)/t20-,24-,25+,26-,27+,28+,32+/m1/s1. The van der Waals surface area contributed by atoms with Gasteiger partial charge in [-0.25, -0.2) is 0 Å². The molecule has 7 nitrogen and oxygen atoms in total. The van der Waals surface area contributed by atoms with Crippen LogP contribution in [-0.4, -0.2) is 52.5 Å². The van der Waals surface area contributed by atoms with Gasteiger partial charge in [0.15, 0.2) is 0 Å². The van der Waals surface area contributed by atoms with Crippen molar-refractivity contribution >= 4 is 23.4 Å². The van der Waals surface area contributed by atoms with E-state index in [0.717, 1.165) is 51.4 Å². The minimum absolute atomic E-state index is 0.00842. The third kappa shape index (κ3) is 4.51. The van der Waals surface area contributed by atoms with Gasteiger partial charge in [-0.2, -0.15) is 0 Å². The number of rotatable bonds is 6. The van der Waals surface area contributed by atoms with E-state index in [1.54, 1.807) is 0 Å². The summed E-state index contributed by atoms with van der Waals surface area (Å²) in [6.45, 7) is 6.48. The van der Waals surface area contributed by atoms with Gasteiger partial charge in [0, 0.05) is 17.8 Å². The second-order valence-corrected chi connectivity index (χ2v) is 12.9. The molecular formula is C32H43N3O4. The molecule has 3 amide bonds. The van der Waals surface area contributed by atoms with E-state index < -0.39 is 29.6 Å². The van der Waals surface area contributed by atoms with Crippen LogP contribution < -0.4 is 10.6 Å². The van der Waals surface area contributed by atoms with Crippen LogP contribution in [0.4, 0.5) is 5.69 Å². The van der Waals surface area contributed by atoms with E-state index in [1.165, 1.54) is 12.0 Å². The van der Waals surface area contributed by atoms with Crippen LogP contribution >= 0.6 is 0 Å². The molecule has 2 bridgehead atoms. The van der Waals surface area contributed by atoms with Crippen molar-refractivity contribution in [2.75, 3.05) is 5.32 Å². The number of nitrogens with one attached hydrogen (secondary N) is 2. The molecule has 1 aromatic rings. The Kier molecular flexibility index (Phi) is 7.07. The molecule has 1 spiro atoms. The Morgan fingerprint density at radius 3 is 2.36 bits per heavy atom. The highest BCUT2D eigenvalue weighted by atomic mass is 16.5. The Hall–Kier alpha value is -2.67. The van der Waals surface area contributed by atoms with Crippen molar-refractivity contribution in [1.29, 1.82) is 0 Å². The van der Waals surface area contributed by atoms with Crippen LogP contribution in [0.1, 0.15) is 90.0 Å². The molecule has 3 aliphatic heterocycles. The first-order chi connectivity index (χ1) is 18.8. The number of hydrogen-bond acceptors (Lipinski definition) is 4. The van der Waals surface area contributed by atoms with Crippen molar-refractivity contribution in [2.24, 2.45) is 17.8 Å². The van der Waals surface area contributed by atoms with E-state index in [0.29, 0.717) is 17.5 Å². The van der Waals surface area contributed by atoms with Gasteiger partial charge >= 0.3 is 0 Å². The molecule has 2 saturated heterocycles. The van der Waals surface area contributed by atoms with E-state index in [9.17, 15) is 14.4 Å². The molecule has 0 aromatic heterocycles. The first kappa shape index (κ1) is 26.5. The van der Waals surface area contributed by atoms with Gasteiger partial charge in [-0.3, -0.25) is 14.4 Å². The third-order valence-corrected chi connectivity index (χ3v) is 10.1. The number of hydrogen-bond donors (Lipinski definition) is 2. The van der Waals surface area contributed by atoms with Crippen molar-refractivity contribution in [1.82, 2.24) is 10.2 Å². The largest absolute Gasteiger partial charge is 0.359 e. The predicted octanol–water partition coefficient (Wildman–Crippen LogP) is 4.93. The lowest BCUT2D eigenvalue weighted by Gasteiger charge is -2.40. The topological polar surface area (TPSA) is 87.7 Å². The molecule has 4 fully saturated rings. The molecule has 2 N–H and O–H groups in total. The number of carbonyl (C=O) groups is 3. The van der Waals surface area contributed by atoms with Crippen molar-refractivity contribution in [3.63, 3.8) is 0 Å². The Balaban J connectivity index is 1.29. The van der Waals surface area contributed by atoms with Crippen molar-refractivity contribution in [3.05, 3.63) is 42.0 Å². The quantitative estimate of drug-likeness (QED) is 0.508. The van der Waals surface area contributed by atoms with E-state index in [-0.39, 0.29) is 29.8 Å². The lowest BCUT2D eigenvalue weighted by Crippen LogP contribution is -2.59. The lowest BCUT2D eigenvalue weighted by molar-refractivity contribution is -0.145. The molecule has 2 aliphatic carbocycles. The maximum absolute atomic E-state index is 14.3. The van der Waals surface area contributed by atoms with Crippen LogP contribution in [0.5, 0.6) is 0 Å². The van der Waals surface area contributed by atoms with Gasteiger partial charge in [-0.05, 0) is 55.2 Å². The van der Waals surface area contributed by atoms with Gasteiger partial charge in [0.1, 0.15) is 11.6 Å². The smallest absolute Gasteiger partial charge is 0.246 e. The highest BCUT2D eigenvalue weighted by Gasteiger charge is 2.73. The summed E-state index contributed by atoms with van der Waals surface area (Å²) in [6, 6.07) is 7.26. The number of carbonyl (C=O) groups excluding carboxylic acids is 3. The SMILES string of the molecule is CC(C)c1ccc(NC(=O)[C@@H]2[C@@H]3C=C[C@]4(O3)[C@@H]2C(=O)N(C2CCCCC2)[C@H]4C(=O)N[C@@H]2CCCC[C@H]2C)cc1. The Bertz CT molecular complexity index is 1140. The summed E-state index contributed by atoms with van der Waals surface area (Å²) in [4.78, 5) is 44.0. The molecule has 39 heavy (non-hydrogen) atoms. The zero-order chi connectivity index (χ0) is 27.3. The molecule has 7 heteroatoms. The van der Waals surface area contributed by atoms with Gasteiger partial charge < -0.3 is 20.3 Å². The van der Waals surface area contributed by atoms with E-state index in [1.807, 2.05) is 41.3 Å². The Morgan fingerprint density at radius 2 is 1.67 bits per heavy atom. The summed E-state index contributed by atoms with van der Waals surface area (Å²) in [7, 11) is 0. The number of benzene rings is 1. The predicted molar refractivity (Wildman–Crippen MR) is 150 cm³/mol. The van der Waals surface area contributed by atoms with Gasteiger partial charge in [-0.15, -0.1) is 0 Å². The molecule has 0 unspecified atom stereocenters. The van der Waals surface area contributed by atoms with E-state index in [4.69, 9.17) is 4.74 Å². The van der Waals surface area contributed by atoms with Crippen LogP contribution in [0.2, 0.25) is 0 Å². The number of amides is 3. The molecule has 2 saturated carbocycles. The Morgan fingerprint density at radius 1 is 0.974 bits per heavy atom. The van der Waals surface area contributed by atoms with Gasteiger partial charge in [0.05, 0.1) is 17.9 Å². The highest BCUT2D eigenvalue weighted by Crippen LogP contribution is 2.56. The molecule has 0 radical (unpaired) electrons. The third-order valence-electron chi connectivity index (χ3n) is 10.1. The number of fused-ring (bicyclic) bond motifs is 1. The second-order valence-electron chi connectivity index (χ2n) is 12.9. The van der Waals surface area contributed by atoms with Gasteiger partial charge in [-0.1, -0.05) is 77.2 Å². The van der Waals surface area contributed by atoms with E-state index in [2.05, 4.69) is 31.4 Å². The van der Waals surface area contributed by atoms with Gasteiger partial charge in [0.2, 0.25) is 17.7 Å². The fourth-order valence-electron chi connectivity index (χ4n) is 7.93. The van der Waals surface area contributed by atoms with Crippen LogP contribution in [0.3, 0.4) is 0 Å². The second kappa shape index (κ2) is 10.4. The summed E-state index contributed by atoms with van der Waals surface area (Å²) in [5.74, 6) is -0.971. The number of nitrogens with zero attached hydrogens (tertiary/aromatic N) is 1. The molecule has 6 rings (SSSR count). The molecule has 7 atom stereocenters. The maximum Gasteiger partial charge on any atom is 0.246 e. The Labute approximate surface area is 232 Å². The zero-order valence-electron chi connectivity index (χ0n) is 23.5. The minimum Gasteiger partial charge on any atom is -0.359 e. The summed E-state index contributed by atoms with van der Waals surface area (Å²) < 4.78 is 6.55. The molecular weight excluding hydrogens is 490 g/mol. The lowest BCUT2D eigenvalue weighted by atomic mass is 9.74. The number of ether oxygens (including phenoxy) is 1. The van der Waals surface area contributed by atoms with Crippen LogP contribution in [0, 0.1) is 17.8 Å². The fourth-order valence-corrected chi connectivity index (χ4v) is 7.93. The highest BCUT2D eigenvalue weighted by molar-refractivity contribution is 6.03. The summed E-state index contributed by atoms with van der Waals surface area (Å²) in [6.07, 6.45) is 12.7. The van der Waals surface area contributed by atoms with Crippen molar-refractivity contribution < 1.29 is 19.1 Å². The van der Waals surface area contributed by atoms with Crippen LogP contribution in [0.15, 0.2) is 36.4 Å². The van der Waals surface area contributed by atoms with E-state index >= 15 is 0 Å². The first-order valence-corrected chi connectivity index (χ1v) is 15.2. The van der Waals surface area contributed by atoms with Gasteiger partial charge in [0.25, 0.3) is 0 Å².